The van der Waals surface area contributed by atoms with Crippen molar-refractivity contribution in [3.63, 3.8) is 0 Å². The Morgan fingerprint density at radius 3 is 2.85 bits per heavy atom. The third-order valence-electron chi connectivity index (χ3n) is 2.89. The molecule has 0 unspecified atom stereocenters. The molecule has 0 aliphatic rings. The lowest BCUT2D eigenvalue weighted by atomic mass is 10.1. The highest BCUT2D eigenvalue weighted by Crippen LogP contribution is 2.33. The molecule has 3 aromatic rings. The number of nitriles is 1. The van der Waals surface area contributed by atoms with Gasteiger partial charge in [0.1, 0.15) is 6.07 Å². The quantitative estimate of drug-likeness (QED) is 0.750. The number of aromatic nitrogens is 4. The molecule has 100 valence electrons. The molecule has 0 spiro atoms. The van der Waals surface area contributed by atoms with E-state index in [2.05, 4.69) is 41.3 Å². The van der Waals surface area contributed by atoms with Crippen molar-refractivity contribution in [2.75, 3.05) is 0 Å². The smallest absolute Gasteiger partial charge is 0.103 e. The molecule has 0 radical (unpaired) electrons. The summed E-state index contributed by atoms with van der Waals surface area (Å²) in [4.78, 5) is 1.06. The molecular weight excluding hydrogens is 270 g/mol. The number of pyridine rings is 1. The Hall–Kier alpha value is -2.26. The summed E-state index contributed by atoms with van der Waals surface area (Å²) < 4.78 is 1.77. The second kappa shape index (κ2) is 5.02. The Morgan fingerprint density at radius 2 is 2.20 bits per heavy atom. The molecule has 1 N–H and O–H groups in total. The van der Waals surface area contributed by atoms with Crippen LogP contribution in [0.3, 0.4) is 0 Å². The van der Waals surface area contributed by atoms with Crippen LogP contribution in [0.2, 0.25) is 0 Å². The first kappa shape index (κ1) is 12.8. The third-order valence-corrected chi connectivity index (χ3v) is 3.93. The average molecular weight is 283 g/mol. The lowest BCUT2D eigenvalue weighted by Crippen LogP contribution is -1.94. The van der Waals surface area contributed by atoms with Crippen molar-refractivity contribution in [2.45, 2.75) is 24.0 Å². The predicted octanol–water partition coefficient (Wildman–Crippen LogP) is 3.10. The van der Waals surface area contributed by atoms with Gasteiger partial charge in [0.05, 0.1) is 23.5 Å². The summed E-state index contributed by atoms with van der Waals surface area (Å²) in [6.07, 6.45) is 7.16. The van der Waals surface area contributed by atoms with Crippen molar-refractivity contribution in [3.05, 3.63) is 36.4 Å². The molecule has 0 bridgehead atoms. The molecule has 0 atom stereocenters. The Labute approximate surface area is 120 Å². The largest absolute Gasteiger partial charge is 0.285 e. The number of nitrogens with zero attached hydrogens (tertiary/aromatic N) is 4. The van der Waals surface area contributed by atoms with Crippen LogP contribution in [0.4, 0.5) is 0 Å². The molecule has 0 aromatic carbocycles. The van der Waals surface area contributed by atoms with E-state index in [0.717, 1.165) is 21.5 Å². The molecule has 3 heterocycles. The highest BCUT2D eigenvalue weighted by atomic mass is 32.2. The number of rotatable bonds is 3. The number of hydrogen-bond acceptors (Lipinski definition) is 4. The summed E-state index contributed by atoms with van der Waals surface area (Å²) in [6.45, 7) is 4.27. The number of hydrogen-bond donors (Lipinski definition) is 1. The Morgan fingerprint density at radius 1 is 1.35 bits per heavy atom. The molecule has 6 heteroatoms. The Kier molecular flexibility index (Phi) is 3.20. The summed E-state index contributed by atoms with van der Waals surface area (Å²) in [5.74, 6) is 0. The van der Waals surface area contributed by atoms with Crippen LogP contribution in [0.1, 0.15) is 19.4 Å². The first-order chi connectivity index (χ1) is 9.69. The van der Waals surface area contributed by atoms with Gasteiger partial charge in [0.25, 0.3) is 0 Å². The van der Waals surface area contributed by atoms with E-state index >= 15 is 0 Å². The Bertz CT molecular complexity index is 780. The lowest BCUT2D eigenvalue weighted by molar-refractivity contribution is 0.950. The van der Waals surface area contributed by atoms with Gasteiger partial charge in [0.2, 0.25) is 0 Å². The number of fused-ring (bicyclic) bond motifs is 1. The SMILES string of the molecule is CC(C)Sc1cc(-c2cn[nH]c2)cn2ncc(C#N)c12. The fourth-order valence-electron chi connectivity index (χ4n) is 2.08. The van der Waals surface area contributed by atoms with Crippen LogP contribution in [0.15, 0.2) is 35.7 Å². The number of nitrogens with one attached hydrogen (secondary N) is 1. The van der Waals surface area contributed by atoms with Gasteiger partial charge in [-0.15, -0.1) is 11.8 Å². The molecule has 20 heavy (non-hydrogen) atoms. The zero-order valence-corrected chi connectivity index (χ0v) is 12.0. The van der Waals surface area contributed by atoms with Crippen molar-refractivity contribution >= 4 is 17.3 Å². The summed E-state index contributed by atoms with van der Waals surface area (Å²) in [6, 6.07) is 4.29. The van der Waals surface area contributed by atoms with Gasteiger partial charge in [-0.25, -0.2) is 4.52 Å². The second-order valence-electron chi connectivity index (χ2n) is 4.71. The maximum absolute atomic E-state index is 9.21. The van der Waals surface area contributed by atoms with E-state index in [-0.39, 0.29) is 0 Å². The van der Waals surface area contributed by atoms with Gasteiger partial charge in [0.15, 0.2) is 0 Å². The minimum absolute atomic E-state index is 0.430. The minimum Gasteiger partial charge on any atom is -0.285 e. The molecule has 3 rings (SSSR count). The summed E-state index contributed by atoms with van der Waals surface area (Å²) in [5, 5.41) is 20.7. The first-order valence-corrected chi connectivity index (χ1v) is 7.14. The molecule has 0 fully saturated rings. The van der Waals surface area contributed by atoms with Gasteiger partial charge in [0, 0.05) is 33.7 Å². The summed E-state index contributed by atoms with van der Waals surface area (Å²) in [5.41, 5.74) is 3.51. The van der Waals surface area contributed by atoms with Crippen LogP contribution < -0.4 is 0 Å². The normalized spacial score (nSPS) is 11.1. The lowest BCUT2D eigenvalue weighted by Gasteiger charge is -2.09. The van der Waals surface area contributed by atoms with E-state index in [1.54, 1.807) is 28.7 Å². The van der Waals surface area contributed by atoms with Crippen molar-refractivity contribution in [1.29, 1.82) is 5.26 Å². The molecule has 0 saturated carbocycles. The highest BCUT2D eigenvalue weighted by molar-refractivity contribution is 8.00. The van der Waals surface area contributed by atoms with Crippen LogP contribution in [0.25, 0.3) is 16.6 Å². The zero-order valence-electron chi connectivity index (χ0n) is 11.2. The molecule has 0 aliphatic heterocycles. The molecule has 0 aliphatic carbocycles. The number of aromatic amines is 1. The summed E-state index contributed by atoms with van der Waals surface area (Å²) >= 11 is 1.73. The average Bonchev–Trinajstić information content (AvgIpc) is 3.07. The summed E-state index contributed by atoms with van der Waals surface area (Å²) in [7, 11) is 0. The van der Waals surface area contributed by atoms with E-state index in [9.17, 15) is 5.26 Å². The predicted molar refractivity (Wildman–Crippen MR) is 78.5 cm³/mol. The van der Waals surface area contributed by atoms with E-state index < -0.39 is 0 Å². The molecule has 0 saturated heterocycles. The van der Waals surface area contributed by atoms with Crippen LogP contribution in [0.5, 0.6) is 0 Å². The van der Waals surface area contributed by atoms with Crippen LogP contribution in [-0.2, 0) is 0 Å². The van der Waals surface area contributed by atoms with Gasteiger partial charge in [-0.05, 0) is 6.07 Å². The van der Waals surface area contributed by atoms with Crippen molar-refractivity contribution < 1.29 is 0 Å². The third kappa shape index (κ3) is 2.17. The highest BCUT2D eigenvalue weighted by Gasteiger charge is 2.13. The van der Waals surface area contributed by atoms with Crippen LogP contribution in [0, 0.1) is 11.3 Å². The molecule has 0 amide bonds. The standard InChI is InChI=1S/C14H13N5S/c1-9(2)20-13-3-10(12-5-16-17-6-12)8-19-14(13)11(4-15)7-18-19/h3,5-9H,1-2H3,(H,16,17). The fraction of sp³-hybridized carbons (Fsp3) is 0.214. The van der Waals surface area contributed by atoms with E-state index in [1.165, 1.54) is 0 Å². The fourth-order valence-corrected chi connectivity index (χ4v) is 3.09. The number of thioether (sulfide) groups is 1. The number of H-pyrrole nitrogens is 1. The first-order valence-electron chi connectivity index (χ1n) is 6.26. The van der Waals surface area contributed by atoms with E-state index in [1.807, 2.05) is 12.4 Å². The maximum atomic E-state index is 9.21. The second-order valence-corrected chi connectivity index (χ2v) is 6.33. The van der Waals surface area contributed by atoms with E-state index in [4.69, 9.17) is 0 Å². The van der Waals surface area contributed by atoms with Gasteiger partial charge in [-0.2, -0.15) is 15.5 Å². The molecule has 5 nitrogen and oxygen atoms in total. The van der Waals surface area contributed by atoms with Gasteiger partial charge >= 0.3 is 0 Å². The zero-order chi connectivity index (χ0) is 14.1. The van der Waals surface area contributed by atoms with E-state index in [0.29, 0.717) is 10.8 Å². The van der Waals surface area contributed by atoms with Crippen molar-refractivity contribution in [3.8, 4) is 17.2 Å². The van der Waals surface area contributed by atoms with Gasteiger partial charge < -0.3 is 0 Å². The molecular formula is C14H13N5S. The van der Waals surface area contributed by atoms with Crippen LogP contribution >= 0.6 is 11.8 Å². The monoisotopic (exact) mass is 283 g/mol. The van der Waals surface area contributed by atoms with Crippen LogP contribution in [-0.4, -0.2) is 25.1 Å². The van der Waals surface area contributed by atoms with Crippen molar-refractivity contribution in [2.24, 2.45) is 0 Å². The minimum atomic E-state index is 0.430. The van der Waals surface area contributed by atoms with Crippen molar-refractivity contribution in [1.82, 2.24) is 19.8 Å². The molecule has 3 aromatic heterocycles. The Balaban J connectivity index is 2.24. The topological polar surface area (TPSA) is 69.8 Å². The van der Waals surface area contributed by atoms with Gasteiger partial charge in [-0.1, -0.05) is 13.8 Å². The van der Waals surface area contributed by atoms with Gasteiger partial charge in [-0.3, -0.25) is 5.10 Å². The maximum Gasteiger partial charge on any atom is 0.103 e.